The number of hydrogen-bond donors (Lipinski definition) is 1. The third-order valence-electron chi connectivity index (χ3n) is 3.13. The van der Waals surface area contributed by atoms with Crippen LogP contribution in [0.25, 0.3) is 0 Å². The van der Waals surface area contributed by atoms with Crippen LogP contribution < -0.4 is 5.32 Å². The minimum Gasteiger partial charge on any atom is -0.316 e. The van der Waals surface area contributed by atoms with Crippen molar-refractivity contribution in [2.24, 2.45) is 0 Å². The highest BCUT2D eigenvalue weighted by Gasteiger charge is 2.12. The van der Waals surface area contributed by atoms with E-state index in [1.807, 2.05) is 31.3 Å². The number of hydrogen-bond acceptors (Lipinski definition) is 2. The zero-order valence-corrected chi connectivity index (χ0v) is 14.0. The molecule has 2 rings (SSSR count). The summed E-state index contributed by atoms with van der Waals surface area (Å²) in [5.41, 5.74) is 0.407. The van der Waals surface area contributed by atoms with Crippen molar-refractivity contribution in [2.75, 3.05) is 12.8 Å². The van der Waals surface area contributed by atoms with E-state index < -0.39 is 5.82 Å². The molecule has 0 aliphatic rings. The van der Waals surface area contributed by atoms with Crippen molar-refractivity contribution in [3.05, 3.63) is 64.1 Å². The van der Waals surface area contributed by atoms with Gasteiger partial charge < -0.3 is 5.32 Å². The van der Waals surface area contributed by atoms with Crippen LogP contribution in [0.4, 0.5) is 8.78 Å². The Balaban J connectivity index is 1.98. The van der Waals surface area contributed by atoms with Gasteiger partial charge in [0, 0.05) is 21.2 Å². The molecular weight excluding hydrogens is 356 g/mol. The maximum Gasteiger partial charge on any atom is 0.126 e. The lowest BCUT2D eigenvalue weighted by molar-refractivity contribution is 0.555. The Morgan fingerprint density at radius 1 is 1.19 bits per heavy atom. The zero-order chi connectivity index (χ0) is 15.2. The maximum atomic E-state index is 13.7. The van der Waals surface area contributed by atoms with Gasteiger partial charge >= 0.3 is 0 Å². The molecule has 1 N–H and O–H groups in total. The molecule has 1 unspecified atom stereocenters. The molecule has 0 radical (unpaired) electrons. The summed E-state index contributed by atoms with van der Waals surface area (Å²) in [5, 5.41) is 3.16. The van der Waals surface area contributed by atoms with Gasteiger partial charge in [0.25, 0.3) is 0 Å². The van der Waals surface area contributed by atoms with Gasteiger partial charge in [0.2, 0.25) is 0 Å². The normalized spacial score (nSPS) is 12.4. The summed E-state index contributed by atoms with van der Waals surface area (Å²) in [7, 11) is 1.84. The Labute approximate surface area is 136 Å². The number of likely N-dealkylation sites (N-methyl/N-ethyl adjacent to an activating group) is 1. The molecule has 0 aliphatic carbocycles. The Kier molecular flexibility index (Phi) is 6.21. The molecule has 0 saturated carbocycles. The summed E-state index contributed by atoms with van der Waals surface area (Å²) in [6, 6.07) is 11.7. The fourth-order valence-corrected chi connectivity index (χ4v) is 3.58. The van der Waals surface area contributed by atoms with Gasteiger partial charge in [-0.2, -0.15) is 0 Å². The second-order valence-corrected chi connectivity index (χ2v) is 6.70. The first-order valence-corrected chi connectivity index (χ1v) is 8.36. The number of benzene rings is 2. The van der Waals surface area contributed by atoms with Crippen LogP contribution in [0.1, 0.15) is 5.56 Å². The van der Waals surface area contributed by atoms with Crippen LogP contribution in [-0.4, -0.2) is 18.8 Å². The average Bonchev–Trinajstić information content (AvgIpc) is 2.47. The first kappa shape index (κ1) is 16.5. The Morgan fingerprint density at radius 3 is 2.71 bits per heavy atom. The molecule has 2 aromatic carbocycles. The molecule has 1 atom stereocenters. The second kappa shape index (κ2) is 7.92. The van der Waals surface area contributed by atoms with Crippen LogP contribution in [0.5, 0.6) is 0 Å². The average molecular weight is 372 g/mol. The Hall–Kier alpha value is -0.910. The molecule has 21 heavy (non-hydrogen) atoms. The van der Waals surface area contributed by atoms with Crippen LogP contribution in [0.3, 0.4) is 0 Å². The van der Waals surface area contributed by atoms with Crippen molar-refractivity contribution in [1.29, 1.82) is 0 Å². The van der Waals surface area contributed by atoms with E-state index in [1.54, 1.807) is 11.8 Å². The summed E-state index contributed by atoms with van der Waals surface area (Å²) in [5.74, 6) is 0.0214. The molecule has 5 heteroatoms. The molecule has 0 spiro atoms. The second-order valence-electron chi connectivity index (χ2n) is 4.69. The largest absolute Gasteiger partial charge is 0.316 e. The highest BCUT2D eigenvalue weighted by molar-refractivity contribution is 9.10. The summed E-state index contributed by atoms with van der Waals surface area (Å²) in [6.07, 6.45) is 0.459. The minimum absolute atomic E-state index is 0.0743. The molecule has 0 amide bonds. The van der Waals surface area contributed by atoms with Crippen molar-refractivity contribution >= 4 is 27.7 Å². The van der Waals surface area contributed by atoms with Crippen molar-refractivity contribution in [3.63, 3.8) is 0 Å². The lowest BCUT2D eigenvalue weighted by Gasteiger charge is -2.16. The van der Waals surface area contributed by atoms with Gasteiger partial charge in [0.15, 0.2) is 0 Å². The van der Waals surface area contributed by atoms with E-state index in [-0.39, 0.29) is 11.9 Å². The van der Waals surface area contributed by atoms with Crippen LogP contribution >= 0.6 is 27.7 Å². The van der Waals surface area contributed by atoms with E-state index in [2.05, 4.69) is 21.2 Å². The number of nitrogens with one attached hydrogen (secondary N) is 1. The quantitative estimate of drug-likeness (QED) is 0.741. The van der Waals surface area contributed by atoms with E-state index in [1.165, 1.54) is 12.1 Å². The summed E-state index contributed by atoms with van der Waals surface area (Å²) < 4.78 is 27.9. The predicted octanol–water partition coefficient (Wildman–Crippen LogP) is 4.65. The molecule has 112 valence electrons. The van der Waals surface area contributed by atoms with Crippen LogP contribution in [0.15, 0.2) is 51.8 Å². The SMILES string of the molecule is CNC(CSc1cccc(Br)c1)Cc1cc(F)ccc1F. The maximum absolute atomic E-state index is 13.7. The van der Waals surface area contributed by atoms with E-state index in [0.717, 1.165) is 21.2 Å². The van der Waals surface area contributed by atoms with Gasteiger partial charge in [0.05, 0.1) is 0 Å². The smallest absolute Gasteiger partial charge is 0.126 e. The third-order valence-corrected chi connectivity index (χ3v) is 4.78. The van der Waals surface area contributed by atoms with Gasteiger partial charge in [-0.25, -0.2) is 8.78 Å². The lowest BCUT2D eigenvalue weighted by atomic mass is 10.1. The van der Waals surface area contributed by atoms with Crippen molar-refractivity contribution in [3.8, 4) is 0 Å². The number of halogens is 3. The van der Waals surface area contributed by atoms with Gasteiger partial charge in [-0.1, -0.05) is 22.0 Å². The van der Waals surface area contributed by atoms with E-state index in [4.69, 9.17) is 0 Å². The van der Waals surface area contributed by atoms with Crippen molar-refractivity contribution in [1.82, 2.24) is 5.32 Å². The van der Waals surface area contributed by atoms with E-state index in [0.29, 0.717) is 12.0 Å². The number of thioether (sulfide) groups is 1. The first-order valence-electron chi connectivity index (χ1n) is 6.58. The topological polar surface area (TPSA) is 12.0 Å². The molecular formula is C16H16BrF2NS. The Morgan fingerprint density at radius 2 is 2.00 bits per heavy atom. The fraction of sp³-hybridized carbons (Fsp3) is 0.250. The molecule has 0 heterocycles. The van der Waals surface area contributed by atoms with Crippen LogP contribution in [0, 0.1) is 11.6 Å². The summed E-state index contributed by atoms with van der Waals surface area (Å²) >= 11 is 5.13. The van der Waals surface area contributed by atoms with Crippen molar-refractivity contribution in [2.45, 2.75) is 17.4 Å². The molecule has 0 aliphatic heterocycles. The van der Waals surface area contributed by atoms with Crippen LogP contribution in [-0.2, 0) is 6.42 Å². The van der Waals surface area contributed by atoms with E-state index >= 15 is 0 Å². The van der Waals surface area contributed by atoms with E-state index in [9.17, 15) is 8.78 Å². The molecule has 0 fully saturated rings. The highest BCUT2D eigenvalue weighted by Crippen LogP contribution is 2.23. The first-order chi connectivity index (χ1) is 10.1. The van der Waals surface area contributed by atoms with Gasteiger partial charge in [0.1, 0.15) is 11.6 Å². The zero-order valence-electron chi connectivity index (χ0n) is 11.6. The molecule has 0 bridgehead atoms. The van der Waals surface area contributed by atoms with Crippen LogP contribution in [0.2, 0.25) is 0 Å². The number of rotatable bonds is 6. The lowest BCUT2D eigenvalue weighted by Crippen LogP contribution is -2.30. The minimum atomic E-state index is -0.402. The summed E-state index contributed by atoms with van der Waals surface area (Å²) in [6.45, 7) is 0. The van der Waals surface area contributed by atoms with Gasteiger partial charge in [-0.3, -0.25) is 0 Å². The van der Waals surface area contributed by atoms with Crippen molar-refractivity contribution < 1.29 is 8.78 Å². The fourth-order valence-electron chi connectivity index (χ4n) is 1.96. The van der Waals surface area contributed by atoms with Gasteiger partial charge in [-0.15, -0.1) is 11.8 Å². The van der Waals surface area contributed by atoms with Gasteiger partial charge in [-0.05, 0) is 55.4 Å². The summed E-state index contributed by atoms with van der Waals surface area (Å²) in [4.78, 5) is 1.14. The standard InChI is InChI=1S/C16H16BrF2NS/c1-20-14(8-11-7-13(18)5-6-16(11)19)10-21-15-4-2-3-12(17)9-15/h2-7,9,14,20H,8,10H2,1H3. The molecule has 2 aromatic rings. The predicted molar refractivity (Wildman–Crippen MR) is 87.8 cm³/mol. The highest BCUT2D eigenvalue weighted by atomic mass is 79.9. The molecule has 0 saturated heterocycles. The monoisotopic (exact) mass is 371 g/mol. The Bertz CT molecular complexity index is 607. The molecule has 1 nitrogen and oxygen atoms in total. The third kappa shape index (κ3) is 5.09. The molecule has 0 aromatic heterocycles.